The first kappa shape index (κ1) is 14.9. The van der Waals surface area contributed by atoms with E-state index >= 15 is 0 Å². The van der Waals surface area contributed by atoms with Gasteiger partial charge in [0.15, 0.2) is 0 Å². The van der Waals surface area contributed by atoms with Crippen molar-refractivity contribution in [3.63, 3.8) is 0 Å². The lowest BCUT2D eigenvalue weighted by atomic mass is 10.1. The second-order valence-corrected chi connectivity index (χ2v) is 4.39. The van der Waals surface area contributed by atoms with E-state index in [0.717, 1.165) is 6.42 Å². The molecule has 7 heteroatoms. The van der Waals surface area contributed by atoms with Crippen LogP contribution in [0.4, 0.5) is 16.2 Å². The maximum absolute atomic E-state index is 11.4. The first-order valence-electron chi connectivity index (χ1n) is 5.92. The zero-order chi connectivity index (χ0) is 14.3. The quantitative estimate of drug-likeness (QED) is 0.470. The number of carbonyl (C=O) groups is 1. The molecule has 7 nitrogen and oxygen atoms in total. The van der Waals surface area contributed by atoms with E-state index in [-0.39, 0.29) is 5.69 Å². The highest BCUT2D eigenvalue weighted by Gasteiger charge is 2.06. The van der Waals surface area contributed by atoms with Gasteiger partial charge in [-0.15, -0.1) is 0 Å². The molecule has 19 heavy (non-hydrogen) atoms. The summed E-state index contributed by atoms with van der Waals surface area (Å²) in [5.74, 6) is 0.500. The average molecular weight is 267 g/mol. The van der Waals surface area contributed by atoms with E-state index in [4.69, 9.17) is 4.84 Å². The number of benzene rings is 1. The smallest absolute Gasteiger partial charge is 0.306 e. The molecule has 0 heterocycles. The number of hydrogen-bond donors (Lipinski definition) is 2. The average Bonchev–Trinajstić information content (AvgIpc) is 2.35. The van der Waals surface area contributed by atoms with Crippen molar-refractivity contribution in [1.82, 2.24) is 5.48 Å². The third kappa shape index (κ3) is 5.82. The summed E-state index contributed by atoms with van der Waals surface area (Å²) >= 11 is 0. The number of nitrogens with zero attached hydrogens (tertiary/aromatic N) is 1. The standard InChI is InChI=1S/C12H17N3O4/c1-9(2)7-8-19-14-12(16)13-10-3-5-11(6-4-10)15(17)18/h3-6,9H,7-8H2,1-2H3,(H2,13,14,16). The van der Waals surface area contributed by atoms with Gasteiger partial charge in [0, 0.05) is 17.8 Å². The van der Waals surface area contributed by atoms with Crippen LogP contribution < -0.4 is 10.8 Å². The van der Waals surface area contributed by atoms with Crippen LogP contribution in [0.2, 0.25) is 0 Å². The van der Waals surface area contributed by atoms with Gasteiger partial charge in [0.25, 0.3) is 5.69 Å². The number of urea groups is 1. The Morgan fingerprint density at radius 2 is 2.00 bits per heavy atom. The van der Waals surface area contributed by atoms with Gasteiger partial charge in [-0.1, -0.05) is 13.8 Å². The van der Waals surface area contributed by atoms with E-state index in [1.54, 1.807) is 0 Å². The van der Waals surface area contributed by atoms with Gasteiger partial charge in [-0.25, -0.2) is 10.3 Å². The van der Waals surface area contributed by atoms with E-state index in [9.17, 15) is 14.9 Å². The number of nitro groups is 1. The van der Waals surface area contributed by atoms with E-state index in [1.165, 1.54) is 24.3 Å². The van der Waals surface area contributed by atoms with E-state index in [0.29, 0.717) is 18.2 Å². The fraction of sp³-hybridized carbons (Fsp3) is 0.417. The summed E-state index contributed by atoms with van der Waals surface area (Å²) in [6, 6.07) is 5.01. The molecule has 0 atom stereocenters. The summed E-state index contributed by atoms with van der Waals surface area (Å²) in [6.45, 7) is 4.55. The topological polar surface area (TPSA) is 93.5 Å². The van der Waals surface area contributed by atoms with Crippen LogP contribution in [-0.4, -0.2) is 17.6 Å². The Labute approximate surface area is 111 Å². The predicted octanol–water partition coefficient (Wildman–Crippen LogP) is 2.69. The number of nitrogens with one attached hydrogen (secondary N) is 2. The highest BCUT2D eigenvalue weighted by Crippen LogP contribution is 2.15. The van der Waals surface area contributed by atoms with Gasteiger partial charge in [0.2, 0.25) is 0 Å². The Kier molecular flexibility index (Phi) is 5.74. The van der Waals surface area contributed by atoms with Crippen molar-refractivity contribution in [3.8, 4) is 0 Å². The van der Waals surface area contributed by atoms with Crippen LogP contribution in [0.15, 0.2) is 24.3 Å². The molecule has 2 N–H and O–H groups in total. The number of hydrogen-bond acceptors (Lipinski definition) is 4. The molecule has 0 aliphatic heterocycles. The Morgan fingerprint density at radius 1 is 1.37 bits per heavy atom. The number of carbonyl (C=O) groups excluding carboxylic acids is 1. The molecule has 0 aliphatic rings. The summed E-state index contributed by atoms with van der Waals surface area (Å²) in [6.07, 6.45) is 0.845. The maximum atomic E-state index is 11.4. The Hall–Kier alpha value is -2.15. The van der Waals surface area contributed by atoms with Crippen molar-refractivity contribution in [1.29, 1.82) is 0 Å². The van der Waals surface area contributed by atoms with E-state index in [2.05, 4.69) is 24.6 Å². The molecule has 0 saturated carbocycles. The van der Waals surface area contributed by atoms with Crippen LogP contribution in [0, 0.1) is 16.0 Å². The summed E-state index contributed by atoms with van der Waals surface area (Å²) in [5.41, 5.74) is 2.67. The molecule has 0 saturated heterocycles. The van der Waals surface area contributed by atoms with Crippen LogP contribution in [0.3, 0.4) is 0 Å². The first-order chi connectivity index (χ1) is 8.99. The SMILES string of the molecule is CC(C)CCONC(=O)Nc1ccc([N+](=O)[O-])cc1. The van der Waals surface area contributed by atoms with Crippen LogP contribution >= 0.6 is 0 Å². The second kappa shape index (κ2) is 7.32. The summed E-state index contributed by atoms with van der Waals surface area (Å²) in [7, 11) is 0. The van der Waals surface area contributed by atoms with Gasteiger partial charge < -0.3 is 5.32 Å². The van der Waals surface area contributed by atoms with Crippen molar-refractivity contribution in [2.75, 3.05) is 11.9 Å². The lowest BCUT2D eigenvalue weighted by molar-refractivity contribution is -0.384. The summed E-state index contributed by atoms with van der Waals surface area (Å²) in [5, 5.41) is 12.9. The Morgan fingerprint density at radius 3 is 2.53 bits per heavy atom. The van der Waals surface area contributed by atoms with Crippen LogP contribution in [0.5, 0.6) is 0 Å². The third-order valence-electron chi connectivity index (χ3n) is 2.30. The Bertz CT molecular complexity index is 431. The molecule has 0 aliphatic carbocycles. The van der Waals surface area contributed by atoms with Crippen molar-refractivity contribution in [3.05, 3.63) is 34.4 Å². The molecular formula is C12H17N3O4. The molecule has 104 valence electrons. The zero-order valence-corrected chi connectivity index (χ0v) is 10.9. The largest absolute Gasteiger partial charge is 0.343 e. The number of non-ortho nitro benzene ring substituents is 1. The van der Waals surface area contributed by atoms with Crippen molar-refractivity contribution >= 4 is 17.4 Å². The minimum absolute atomic E-state index is 0.0286. The normalized spacial score (nSPS) is 10.3. The molecule has 0 aromatic heterocycles. The first-order valence-corrected chi connectivity index (χ1v) is 5.92. The predicted molar refractivity (Wildman–Crippen MR) is 70.7 cm³/mol. The third-order valence-corrected chi connectivity index (χ3v) is 2.30. The van der Waals surface area contributed by atoms with Gasteiger partial charge in [-0.05, 0) is 24.5 Å². The lowest BCUT2D eigenvalue weighted by Crippen LogP contribution is -2.29. The number of anilines is 1. The van der Waals surface area contributed by atoms with Gasteiger partial charge in [0.1, 0.15) is 0 Å². The minimum Gasteiger partial charge on any atom is -0.306 e. The summed E-state index contributed by atoms with van der Waals surface area (Å²) in [4.78, 5) is 26.3. The van der Waals surface area contributed by atoms with Gasteiger partial charge >= 0.3 is 6.03 Å². The van der Waals surface area contributed by atoms with Crippen LogP contribution in [0.1, 0.15) is 20.3 Å². The molecule has 1 aromatic carbocycles. The van der Waals surface area contributed by atoms with Crippen LogP contribution in [-0.2, 0) is 4.84 Å². The Balaban J connectivity index is 2.34. The van der Waals surface area contributed by atoms with E-state index < -0.39 is 11.0 Å². The van der Waals surface area contributed by atoms with Crippen molar-refractivity contribution in [2.24, 2.45) is 5.92 Å². The molecular weight excluding hydrogens is 250 g/mol. The van der Waals surface area contributed by atoms with E-state index in [1.807, 2.05) is 0 Å². The maximum Gasteiger partial charge on any atom is 0.343 e. The summed E-state index contributed by atoms with van der Waals surface area (Å²) < 4.78 is 0. The van der Waals surface area contributed by atoms with Crippen molar-refractivity contribution in [2.45, 2.75) is 20.3 Å². The molecule has 1 aromatic rings. The highest BCUT2D eigenvalue weighted by atomic mass is 16.7. The molecule has 0 bridgehead atoms. The molecule has 2 amide bonds. The van der Waals surface area contributed by atoms with Crippen molar-refractivity contribution < 1.29 is 14.6 Å². The van der Waals surface area contributed by atoms with Crippen LogP contribution in [0.25, 0.3) is 0 Å². The monoisotopic (exact) mass is 267 g/mol. The minimum atomic E-state index is -0.516. The fourth-order valence-electron chi connectivity index (χ4n) is 1.23. The van der Waals surface area contributed by atoms with Gasteiger partial charge in [-0.2, -0.15) is 0 Å². The molecule has 1 rings (SSSR count). The van der Waals surface area contributed by atoms with Gasteiger partial charge in [0.05, 0.1) is 11.5 Å². The van der Waals surface area contributed by atoms with Gasteiger partial charge in [-0.3, -0.25) is 15.0 Å². The second-order valence-electron chi connectivity index (χ2n) is 4.39. The number of rotatable bonds is 6. The lowest BCUT2D eigenvalue weighted by Gasteiger charge is -2.08. The number of amides is 2. The molecule has 0 unspecified atom stereocenters. The number of hydroxylamine groups is 1. The number of nitro benzene ring substituents is 1. The molecule has 0 fully saturated rings. The zero-order valence-electron chi connectivity index (χ0n) is 10.9. The fourth-order valence-corrected chi connectivity index (χ4v) is 1.23. The highest BCUT2D eigenvalue weighted by molar-refractivity contribution is 5.88. The molecule has 0 spiro atoms. The molecule has 0 radical (unpaired) electrons.